The molecule has 1 amide bonds. The summed E-state index contributed by atoms with van der Waals surface area (Å²) in [6.45, 7) is 12.5. The summed E-state index contributed by atoms with van der Waals surface area (Å²) in [6, 6.07) is 17.5. The lowest BCUT2D eigenvalue weighted by Crippen LogP contribution is -2.30. The molecule has 1 aliphatic heterocycles. The van der Waals surface area contributed by atoms with E-state index in [0.29, 0.717) is 28.6 Å². The summed E-state index contributed by atoms with van der Waals surface area (Å²) in [5, 5.41) is 11.9. The molecule has 0 spiro atoms. The molecule has 6 heteroatoms. The molecule has 0 aliphatic carbocycles. The number of aryl methyl sites for hydroxylation is 2. The molecule has 4 rings (SSSR count). The van der Waals surface area contributed by atoms with Crippen LogP contribution >= 0.6 is 11.6 Å². The molecule has 1 heterocycles. The van der Waals surface area contributed by atoms with Crippen LogP contribution in [0.1, 0.15) is 61.6 Å². The maximum absolute atomic E-state index is 13.5. The maximum atomic E-state index is 13.5. The SMILES string of the molecule is CCOc1ccc(/C(O)=C2\C(=O)C(=O)N(c3cc(Cl)ccc3C)C2c2ccc(C(C)(C)C)cc2)cc1C. The monoisotopic (exact) mass is 517 g/mol. The molecule has 1 unspecified atom stereocenters. The van der Waals surface area contributed by atoms with Crippen molar-refractivity contribution in [3.8, 4) is 5.75 Å². The average Bonchev–Trinajstić information content (AvgIpc) is 3.11. The zero-order chi connectivity index (χ0) is 27.1. The molecule has 0 saturated carbocycles. The van der Waals surface area contributed by atoms with Crippen LogP contribution in [0, 0.1) is 13.8 Å². The van der Waals surface area contributed by atoms with Crippen LogP contribution in [0.4, 0.5) is 5.69 Å². The quantitative estimate of drug-likeness (QED) is 0.219. The normalized spacial score (nSPS) is 17.4. The number of aliphatic hydroxyl groups excluding tert-OH is 1. The molecule has 0 radical (unpaired) electrons. The lowest BCUT2D eigenvalue weighted by molar-refractivity contribution is -0.132. The fourth-order valence-corrected chi connectivity index (χ4v) is 4.84. The minimum Gasteiger partial charge on any atom is -0.507 e. The highest BCUT2D eigenvalue weighted by atomic mass is 35.5. The van der Waals surface area contributed by atoms with E-state index in [1.165, 1.54) is 4.90 Å². The number of carbonyl (C=O) groups excluding carboxylic acids is 2. The predicted molar refractivity (Wildman–Crippen MR) is 148 cm³/mol. The molecule has 0 bridgehead atoms. The summed E-state index contributed by atoms with van der Waals surface area (Å²) in [6.07, 6.45) is 0. The number of anilines is 1. The molecule has 37 heavy (non-hydrogen) atoms. The van der Waals surface area contributed by atoms with E-state index in [-0.39, 0.29) is 16.7 Å². The second-order valence-corrected chi connectivity index (χ2v) is 10.8. The van der Waals surface area contributed by atoms with Crippen LogP contribution in [0.2, 0.25) is 5.02 Å². The van der Waals surface area contributed by atoms with Crippen molar-refractivity contribution in [2.45, 2.75) is 53.0 Å². The molecule has 3 aromatic rings. The summed E-state index contributed by atoms with van der Waals surface area (Å²) in [7, 11) is 0. The molecule has 192 valence electrons. The second-order valence-electron chi connectivity index (χ2n) is 10.4. The Labute approximate surface area is 223 Å². The van der Waals surface area contributed by atoms with Gasteiger partial charge in [-0.25, -0.2) is 0 Å². The third-order valence-corrected chi connectivity index (χ3v) is 6.95. The van der Waals surface area contributed by atoms with Crippen molar-refractivity contribution >= 4 is 34.7 Å². The van der Waals surface area contributed by atoms with Crippen molar-refractivity contribution < 1.29 is 19.4 Å². The first-order chi connectivity index (χ1) is 17.4. The van der Waals surface area contributed by atoms with Gasteiger partial charge in [0.05, 0.1) is 18.2 Å². The van der Waals surface area contributed by atoms with Crippen LogP contribution < -0.4 is 9.64 Å². The second kappa shape index (κ2) is 10.1. The number of hydrogen-bond acceptors (Lipinski definition) is 4. The molecule has 3 aromatic carbocycles. The number of ether oxygens (including phenoxy) is 1. The number of benzene rings is 3. The van der Waals surface area contributed by atoms with Crippen molar-refractivity contribution in [2.75, 3.05) is 11.5 Å². The summed E-state index contributed by atoms with van der Waals surface area (Å²) >= 11 is 6.30. The molecule has 1 N–H and O–H groups in total. The van der Waals surface area contributed by atoms with E-state index < -0.39 is 17.7 Å². The van der Waals surface area contributed by atoms with Gasteiger partial charge in [-0.1, -0.05) is 62.7 Å². The van der Waals surface area contributed by atoms with Gasteiger partial charge in [0, 0.05) is 16.3 Å². The lowest BCUT2D eigenvalue weighted by atomic mass is 9.85. The number of ketones is 1. The smallest absolute Gasteiger partial charge is 0.300 e. The van der Waals surface area contributed by atoms with Crippen LogP contribution in [0.5, 0.6) is 5.75 Å². The Balaban J connectivity index is 1.94. The Hall–Kier alpha value is -3.57. The highest BCUT2D eigenvalue weighted by molar-refractivity contribution is 6.52. The van der Waals surface area contributed by atoms with E-state index in [4.69, 9.17) is 16.3 Å². The summed E-state index contributed by atoms with van der Waals surface area (Å²) in [5.74, 6) is -0.979. The van der Waals surface area contributed by atoms with Crippen molar-refractivity contribution in [2.24, 2.45) is 0 Å². The van der Waals surface area contributed by atoms with Gasteiger partial charge in [0.1, 0.15) is 11.5 Å². The van der Waals surface area contributed by atoms with Crippen LogP contribution in [0.3, 0.4) is 0 Å². The zero-order valence-electron chi connectivity index (χ0n) is 22.1. The predicted octanol–water partition coefficient (Wildman–Crippen LogP) is 7.28. The molecule has 5 nitrogen and oxygen atoms in total. The number of hydrogen-bond donors (Lipinski definition) is 1. The van der Waals surface area contributed by atoms with Gasteiger partial charge >= 0.3 is 0 Å². The van der Waals surface area contributed by atoms with Crippen molar-refractivity contribution in [3.63, 3.8) is 0 Å². The van der Waals surface area contributed by atoms with Gasteiger partial charge in [-0.15, -0.1) is 0 Å². The van der Waals surface area contributed by atoms with E-state index in [2.05, 4.69) is 20.8 Å². The molecular formula is C31H32ClNO4. The fraction of sp³-hybridized carbons (Fsp3) is 0.290. The van der Waals surface area contributed by atoms with Gasteiger partial charge in [-0.3, -0.25) is 14.5 Å². The van der Waals surface area contributed by atoms with Crippen LogP contribution in [0.25, 0.3) is 5.76 Å². The minimum atomic E-state index is -0.821. The maximum Gasteiger partial charge on any atom is 0.300 e. The van der Waals surface area contributed by atoms with Gasteiger partial charge in [0.25, 0.3) is 11.7 Å². The first kappa shape index (κ1) is 26.5. The minimum absolute atomic E-state index is 0.0384. The highest BCUT2D eigenvalue weighted by Gasteiger charge is 2.47. The fourth-order valence-electron chi connectivity index (χ4n) is 4.67. The van der Waals surface area contributed by atoms with Crippen LogP contribution in [-0.4, -0.2) is 23.4 Å². The molecule has 1 saturated heterocycles. The number of nitrogens with zero attached hydrogens (tertiary/aromatic N) is 1. The van der Waals surface area contributed by atoms with Gasteiger partial charge < -0.3 is 9.84 Å². The Bertz CT molecular complexity index is 1400. The standard InChI is InChI=1S/C31H32ClNO4/c1-7-37-25-15-11-21(16-19(25)3)28(34)26-27(20-9-12-22(13-10-20)31(4,5)6)33(30(36)29(26)35)24-17-23(32)14-8-18(24)2/h8-17,27,34H,7H2,1-6H3/b28-26+. The number of Topliss-reactive ketones (excluding diaryl/α,β-unsaturated/α-hetero) is 1. The Morgan fingerprint density at radius 3 is 2.24 bits per heavy atom. The third-order valence-electron chi connectivity index (χ3n) is 6.72. The van der Waals surface area contributed by atoms with Crippen LogP contribution in [-0.2, 0) is 15.0 Å². The topological polar surface area (TPSA) is 66.8 Å². The number of aliphatic hydroxyl groups is 1. The van der Waals surface area contributed by atoms with E-state index >= 15 is 0 Å². The molecule has 1 atom stereocenters. The zero-order valence-corrected chi connectivity index (χ0v) is 22.8. The number of carbonyl (C=O) groups is 2. The number of halogens is 1. The summed E-state index contributed by atoms with van der Waals surface area (Å²) in [5.41, 5.74) is 4.39. The first-order valence-electron chi connectivity index (χ1n) is 12.4. The van der Waals surface area contributed by atoms with Crippen molar-refractivity contribution in [3.05, 3.63) is 99.1 Å². The Kier molecular flexibility index (Phi) is 7.20. The lowest BCUT2D eigenvalue weighted by Gasteiger charge is -2.28. The van der Waals surface area contributed by atoms with Gasteiger partial charge in [-0.05, 0) is 78.8 Å². The van der Waals surface area contributed by atoms with Gasteiger partial charge in [0.2, 0.25) is 0 Å². The summed E-state index contributed by atoms with van der Waals surface area (Å²) < 4.78 is 5.62. The summed E-state index contributed by atoms with van der Waals surface area (Å²) in [4.78, 5) is 28.4. The van der Waals surface area contributed by atoms with Crippen LogP contribution in [0.15, 0.2) is 66.2 Å². The Morgan fingerprint density at radius 2 is 1.65 bits per heavy atom. The van der Waals surface area contributed by atoms with Crippen molar-refractivity contribution in [1.29, 1.82) is 0 Å². The van der Waals surface area contributed by atoms with E-state index in [9.17, 15) is 14.7 Å². The van der Waals surface area contributed by atoms with Gasteiger partial charge in [-0.2, -0.15) is 0 Å². The van der Waals surface area contributed by atoms with Crippen molar-refractivity contribution in [1.82, 2.24) is 0 Å². The van der Waals surface area contributed by atoms with E-state index in [1.807, 2.05) is 51.1 Å². The first-order valence-corrected chi connectivity index (χ1v) is 12.7. The van der Waals surface area contributed by atoms with E-state index in [0.717, 1.165) is 22.3 Å². The Morgan fingerprint density at radius 1 is 0.973 bits per heavy atom. The largest absolute Gasteiger partial charge is 0.507 e. The van der Waals surface area contributed by atoms with E-state index in [1.54, 1.807) is 30.3 Å². The third kappa shape index (κ3) is 5.01. The average molecular weight is 518 g/mol. The van der Waals surface area contributed by atoms with Gasteiger partial charge in [0.15, 0.2) is 0 Å². The molecule has 1 aliphatic rings. The number of rotatable bonds is 5. The molecule has 0 aromatic heterocycles. The highest BCUT2D eigenvalue weighted by Crippen LogP contribution is 2.44. The molecule has 1 fully saturated rings. The molecular weight excluding hydrogens is 486 g/mol. The number of amides is 1.